The number of aromatic carboxylic acids is 1. The molecule has 1 aromatic carbocycles. The third-order valence-corrected chi connectivity index (χ3v) is 4.87. The van der Waals surface area contributed by atoms with Crippen molar-refractivity contribution in [1.82, 2.24) is 0 Å². The third kappa shape index (κ3) is 4.76. The lowest BCUT2D eigenvalue weighted by atomic mass is 9.84. The van der Waals surface area contributed by atoms with Crippen molar-refractivity contribution in [1.29, 1.82) is 0 Å². The van der Waals surface area contributed by atoms with Gasteiger partial charge in [0, 0.05) is 6.42 Å². The summed E-state index contributed by atoms with van der Waals surface area (Å²) in [5.74, 6) is -0.227. The highest BCUT2D eigenvalue weighted by atomic mass is 16.5. The van der Waals surface area contributed by atoms with Crippen LogP contribution in [-0.2, 0) is 12.8 Å². The van der Waals surface area contributed by atoms with Gasteiger partial charge in [-0.1, -0.05) is 23.3 Å². The van der Waals surface area contributed by atoms with Gasteiger partial charge >= 0.3 is 5.97 Å². The number of hydrogen-bond donors (Lipinski definition) is 2. The van der Waals surface area contributed by atoms with Crippen LogP contribution in [0.1, 0.15) is 68.9 Å². The summed E-state index contributed by atoms with van der Waals surface area (Å²) in [5.41, 5.74) is 3.61. The monoisotopic (exact) mass is 358 g/mol. The average molecular weight is 358 g/mol. The maximum absolute atomic E-state index is 11.5. The van der Waals surface area contributed by atoms with Crippen molar-refractivity contribution in [3.63, 3.8) is 0 Å². The van der Waals surface area contributed by atoms with Gasteiger partial charge in [0.15, 0.2) is 0 Å². The number of aliphatic hydroxyl groups excluding tert-OH is 1. The van der Waals surface area contributed by atoms with E-state index >= 15 is 0 Å². The minimum atomic E-state index is -0.961. The Hall–Kier alpha value is -2.07. The summed E-state index contributed by atoms with van der Waals surface area (Å²) < 4.78 is 6.31. The number of ether oxygens (including phenoxy) is 1. The molecule has 0 radical (unpaired) electrons. The molecule has 0 aromatic heterocycles. The molecule has 1 aliphatic rings. The first-order chi connectivity index (χ1) is 12.1. The van der Waals surface area contributed by atoms with Crippen LogP contribution in [0.2, 0.25) is 0 Å². The maximum Gasteiger partial charge on any atom is 0.335 e. The van der Waals surface area contributed by atoms with Crippen LogP contribution in [0.3, 0.4) is 0 Å². The summed E-state index contributed by atoms with van der Waals surface area (Å²) in [4.78, 5) is 11.5. The Bertz CT molecular complexity index is 737. The van der Waals surface area contributed by atoms with Crippen LogP contribution in [0.15, 0.2) is 35.4 Å². The Kier molecular flexibility index (Phi) is 6.30. The van der Waals surface area contributed by atoms with Crippen LogP contribution in [0.25, 0.3) is 0 Å². The fourth-order valence-corrected chi connectivity index (χ4v) is 3.22. The smallest absolute Gasteiger partial charge is 0.335 e. The van der Waals surface area contributed by atoms with E-state index in [-0.39, 0.29) is 5.56 Å². The first-order valence-electron chi connectivity index (χ1n) is 9.15. The molecule has 1 aliphatic heterocycles. The molecule has 2 N–H and O–H groups in total. The molecule has 0 saturated heterocycles. The highest BCUT2D eigenvalue weighted by Gasteiger charge is 2.40. The Morgan fingerprint density at radius 2 is 1.88 bits per heavy atom. The second kappa shape index (κ2) is 8.09. The van der Waals surface area contributed by atoms with Crippen molar-refractivity contribution < 1.29 is 19.7 Å². The van der Waals surface area contributed by atoms with Crippen LogP contribution >= 0.6 is 0 Å². The van der Waals surface area contributed by atoms with Crippen LogP contribution in [0.4, 0.5) is 0 Å². The molecule has 4 heteroatoms. The second-order valence-electron chi connectivity index (χ2n) is 7.87. The average Bonchev–Trinajstić information content (AvgIpc) is 2.53. The fraction of sp³-hybridized carbons (Fsp3) is 0.500. The van der Waals surface area contributed by atoms with E-state index in [2.05, 4.69) is 26.0 Å². The fourth-order valence-electron chi connectivity index (χ4n) is 3.22. The van der Waals surface area contributed by atoms with Gasteiger partial charge in [-0.25, -0.2) is 4.79 Å². The van der Waals surface area contributed by atoms with Crippen LogP contribution in [-0.4, -0.2) is 27.9 Å². The van der Waals surface area contributed by atoms with Gasteiger partial charge in [0.1, 0.15) is 11.4 Å². The van der Waals surface area contributed by atoms with Gasteiger partial charge in [0.05, 0.1) is 11.7 Å². The van der Waals surface area contributed by atoms with Crippen molar-refractivity contribution in [2.45, 2.75) is 72.0 Å². The van der Waals surface area contributed by atoms with Crippen LogP contribution in [0.5, 0.6) is 5.75 Å². The number of hydrogen-bond acceptors (Lipinski definition) is 3. The molecular formula is C22H30O4. The van der Waals surface area contributed by atoms with E-state index in [4.69, 9.17) is 4.74 Å². The number of benzene rings is 1. The van der Waals surface area contributed by atoms with Gasteiger partial charge in [0.25, 0.3) is 0 Å². The lowest BCUT2D eigenvalue weighted by molar-refractivity contribution is -0.0592. The van der Waals surface area contributed by atoms with Crippen molar-refractivity contribution in [2.24, 2.45) is 0 Å². The number of rotatable bonds is 6. The summed E-state index contributed by atoms with van der Waals surface area (Å²) in [6.45, 7) is 10.1. The van der Waals surface area contributed by atoms with E-state index < -0.39 is 17.7 Å². The first kappa shape index (κ1) is 20.2. The summed E-state index contributed by atoms with van der Waals surface area (Å²) >= 11 is 0. The second-order valence-corrected chi connectivity index (χ2v) is 7.87. The quantitative estimate of drug-likeness (QED) is 0.724. The molecule has 0 saturated carbocycles. The summed E-state index contributed by atoms with van der Waals surface area (Å²) in [7, 11) is 0. The van der Waals surface area contributed by atoms with Crippen LogP contribution < -0.4 is 4.74 Å². The van der Waals surface area contributed by atoms with E-state index in [0.717, 1.165) is 23.3 Å². The Morgan fingerprint density at radius 3 is 2.46 bits per heavy atom. The van der Waals surface area contributed by atoms with E-state index in [1.54, 1.807) is 12.1 Å². The molecule has 26 heavy (non-hydrogen) atoms. The number of carboxylic acids is 1. The molecule has 0 amide bonds. The molecule has 0 fully saturated rings. The molecule has 142 valence electrons. The molecule has 2 atom stereocenters. The molecule has 1 aromatic rings. The summed E-state index contributed by atoms with van der Waals surface area (Å²) in [5, 5.41) is 20.1. The Labute approximate surface area is 156 Å². The molecule has 4 nitrogen and oxygen atoms in total. The third-order valence-electron chi connectivity index (χ3n) is 4.87. The van der Waals surface area contributed by atoms with Crippen molar-refractivity contribution in [2.75, 3.05) is 0 Å². The standard InChI is InChI=1S/C22H30O4/c1-14(2)7-6-10-22(5)19(23)13-17-12-18(21(24)25)11-16(20(17)26-22)9-8-15(3)4/h7-8,11-12,19,23H,6,9-10,13H2,1-5H3,(H,24,25)/t19-,22+/m1/s1. The zero-order valence-electron chi connectivity index (χ0n) is 16.4. The van der Waals surface area contributed by atoms with E-state index in [9.17, 15) is 15.0 Å². The number of fused-ring (bicyclic) bond motifs is 1. The van der Waals surface area contributed by atoms with Crippen LogP contribution in [0, 0.1) is 0 Å². The van der Waals surface area contributed by atoms with E-state index in [0.29, 0.717) is 19.3 Å². The van der Waals surface area contributed by atoms with Crippen molar-refractivity contribution in [3.8, 4) is 5.75 Å². The van der Waals surface area contributed by atoms with Crippen molar-refractivity contribution >= 4 is 5.97 Å². The van der Waals surface area contributed by atoms with Gasteiger partial charge in [-0.15, -0.1) is 0 Å². The lowest BCUT2D eigenvalue weighted by Gasteiger charge is -2.41. The Morgan fingerprint density at radius 1 is 1.23 bits per heavy atom. The maximum atomic E-state index is 11.5. The zero-order valence-corrected chi connectivity index (χ0v) is 16.4. The molecule has 2 rings (SSSR count). The summed E-state index contributed by atoms with van der Waals surface area (Å²) in [6.07, 6.45) is 6.12. The predicted molar refractivity (Wildman–Crippen MR) is 104 cm³/mol. The lowest BCUT2D eigenvalue weighted by Crippen LogP contribution is -2.49. The predicted octanol–water partition coefficient (Wildman–Crippen LogP) is 4.69. The number of carbonyl (C=O) groups is 1. The van der Waals surface area contributed by atoms with Gasteiger partial charge in [-0.2, -0.15) is 0 Å². The largest absolute Gasteiger partial charge is 0.484 e. The normalized spacial score (nSPS) is 21.4. The number of allylic oxidation sites excluding steroid dienone is 4. The van der Waals surface area contributed by atoms with Gasteiger partial charge < -0.3 is 14.9 Å². The molecule has 0 spiro atoms. The van der Waals surface area contributed by atoms with Gasteiger partial charge in [0.2, 0.25) is 0 Å². The van der Waals surface area contributed by atoms with Crippen molar-refractivity contribution in [3.05, 3.63) is 52.1 Å². The molecule has 0 unspecified atom stereocenters. The minimum absolute atomic E-state index is 0.241. The zero-order chi connectivity index (χ0) is 19.5. The Balaban J connectivity index is 2.41. The minimum Gasteiger partial charge on any atom is -0.484 e. The first-order valence-corrected chi connectivity index (χ1v) is 9.15. The highest BCUT2D eigenvalue weighted by molar-refractivity contribution is 5.88. The summed E-state index contributed by atoms with van der Waals surface area (Å²) in [6, 6.07) is 3.32. The van der Waals surface area contributed by atoms with Gasteiger partial charge in [-0.05, 0) is 77.1 Å². The highest BCUT2D eigenvalue weighted by Crippen LogP contribution is 2.39. The number of carboxylic acid groups (broad SMARTS) is 1. The SMILES string of the molecule is CC(C)=CCC[C@]1(C)Oc2c(CC=C(C)C)cc(C(=O)O)cc2C[C@H]1O. The van der Waals surface area contributed by atoms with E-state index in [1.165, 1.54) is 11.1 Å². The number of aliphatic hydroxyl groups is 1. The topological polar surface area (TPSA) is 66.8 Å². The molecular weight excluding hydrogens is 328 g/mol. The van der Waals surface area contributed by atoms with Gasteiger partial charge in [-0.3, -0.25) is 0 Å². The molecule has 1 heterocycles. The molecule has 0 bridgehead atoms. The molecule has 0 aliphatic carbocycles. The van der Waals surface area contributed by atoms with E-state index in [1.807, 2.05) is 20.8 Å².